The molecule has 4 rings (SSSR count). The van der Waals surface area contributed by atoms with Crippen molar-refractivity contribution in [3.05, 3.63) is 46.2 Å². The lowest BCUT2D eigenvalue weighted by atomic mass is 10.2. The lowest BCUT2D eigenvalue weighted by Crippen LogP contribution is -2.40. The van der Waals surface area contributed by atoms with Gasteiger partial charge in [0.2, 0.25) is 10.0 Å². The number of aromatic nitrogens is 1. The van der Waals surface area contributed by atoms with E-state index >= 15 is 0 Å². The van der Waals surface area contributed by atoms with Crippen LogP contribution < -0.4 is 14.3 Å². The molecular weight excluding hydrogens is 526 g/mol. The number of fused-ring (bicyclic) bond motifs is 1. The van der Waals surface area contributed by atoms with Gasteiger partial charge in [-0.15, -0.1) is 0 Å². The highest BCUT2D eigenvalue weighted by Crippen LogP contribution is 2.33. The van der Waals surface area contributed by atoms with Crippen LogP contribution >= 0.6 is 22.9 Å². The molecule has 1 aliphatic heterocycles. The number of hydrogen-bond donors (Lipinski definition) is 0. The number of carbonyl (C=O) groups is 1. The molecule has 3 aromatic rings. The molecule has 1 saturated heterocycles. The van der Waals surface area contributed by atoms with Crippen molar-refractivity contribution in [3.8, 4) is 11.5 Å². The second-order valence-corrected chi connectivity index (χ2v) is 11.4. The SMILES string of the molecule is CCOCCn1c(=NC(=O)C2CCCN2S(=O)(=O)c2ccc(Cl)cc2)sc2cc(OC)c(OC)cc21. The van der Waals surface area contributed by atoms with E-state index in [0.717, 1.165) is 10.2 Å². The highest BCUT2D eigenvalue weighted by molar-refractivity contribution is 7.89. The molecule has 1 aliphatic rings. The van der Waals surface area contributed by atoms with Gasteiger partial charge in [-0.25, -0.2) is 8.42 Å². The van der Waals surface area contributed by atoms with Gasteiger partial charge >= 0.3 is 0 Å². The van der Waals surface area contributed by atoms with Gasteiger partial charge in [0.1, 0.15) is 6.04 Å². The molecule has 2 aromatic carbocycles. The van der Waals surface area contributed by atoms with Gasteiger partial charge in [0.25, 0.3) is 5.91 Å². The van der Waals surface area contributed by atoms with E-state index in [4.69, 9.17) is 25.8 Å². The van der Waals surface area contributed by atoms with Crippen molar-refractivity contribution in [2.24, 2.45) is 4.99 Å². The number of halogens is 1. The number of hydrogen-bond acceptors (Lipinski definition) is 7. The first kappa shape index (κ1) is 26.6. The van der Waals surface area contributed by atoms with Gasteiger partial charge < -0.3 is 18.8 Å². The zero-order valence-electron chi connectivity index (χ0n) is 20.3. The third-order valence-electron chi connectivity index (χ3n) is 5.97. The van der Waals surface area contributed by atoms with E-state index < -0.39 is 22.0 Å². The number of amides is 1. The van der Waals surface area contributed by atoms with E-state index in [1.807, 2.05) is 23.6 Å². The van der Waals surface area contributed by atoms with Gasteiger partial charge in [0.15, 0.2) is 16.3 Å². The maximum Gasteiger partial charge on any atom is 0.266 e. The lowest BCUT2D eigenvalue weighted by Gasteiger charge is -2.21. The summed E-state index contributed by atoms with van der Waals surface area (Å²) in [7, 11) is -0.754. The first-order chi connectivity index (χ1) is 17.3. The van der Waals surface area contributed by atoms with Crippen LogP contribution in [0, 0.1) is 0 Å². The van der Waals surface area contributed by atoms with Crippen LogP contribution in [0.2, 0.25) is 5.02 Å². The van der Waals surface area contributed by atoms with Crippen LogP contribution in [0.3, 0.4) is 0 Å². The molecule has 0 saturated carbocycles. The number of thiazole rings is 1. The summed E-state index contributed by atoms with van der Waals surface area (Å²) in [6.45, 7) is 3.62. The molecule has 9 nitrogen and oxygen atoms in total. The number of methoxy groups -OCH3 is 2. The fraction of sp³-hybridized carbons (Fsp3) is 0.417. The van der Waals surface area contributed by atoms with Crippen LogP contribution in [-0.2, 0) is 26.1 Å². The maximum absolute atomic E-state index is 13.4. The Labute approximate surface area is 218 Å². The Morgan fingerprint density at radius 3 is 2.53 bits per heavy atom. The third kappa shape index (κ3) is 5.30. The van der Waals surface area contributed by atoms with Crippen molar-refractivity contribution in [1.82, 2.24) is 8.87 Å². The van der Waals surface area contributed by atoms with Crippen LogP contribution in [0.5, 0.6) is 11.5 Å². The van der Waals surface area contributed by atoms with Crippen molar-refractivity contribution >= 4 is 49.1 Å². The molecule has 1 aromatic heterocycles. The van der Waals surface area contributed by atoms with E-state index in [1.54, 1.807) is 14.2 Å². The Kier molecular flexibility index (Phi) is 8.36. The minimum atomic E-state index is -3.87. The summed E-state index contributed by atoms with van der Waals surface area (Å²) in [5, 5.41) is 0.438. The molecule has 12 heteroatoms. The molecule has 0 N–H and O–H groups in total. The molecule has 1 amide bonds. The van der Waals surface area contributed by atoms with Gasteiger partial charge in [-0.05, 0) is 44.0 Å². The standard InChI is InChI=1S/C24H28ClN3O6S2/c1-4-34-13-12-27-19-14-20(32-2)21(33-3)15-22(19)35-24(27)26-23(29)18-6-5-11-28(18)36(30,31)17-9-7-16(25)8-10-17/h7-10,14-15,18H,4-6,11-13H2,1-3H3. The second-order valence-electron chi connectivity index (χ2n) is 8.09. The summed E-state index contributed by atoms with van der Waals surface area (Å²) in [5.74, 6) is 0.625. The van der Waals surface area contributed by atoms with Crippen molar-refractivity contribution in [3.63, 3.8) is 0 Å². The minimum Gasteiger partial charge on any atom is -0.493 e. The van der Waals surface area contributed by atoms with Crippen LogP contribution in [0.4, 0.5) is 0 Å². The van der Waals surface area contributed by atoms with Crippen LogP contribution in [0.25, 0.3) is 10.2 Å². The summed E-state index contributed by atoms with van der Waals surface area (Å²) in [4.78, 5) is 18.4. The number of sulfonamides is 1. The van der Waals surface area contributed by atoms with Crippen molar-refractivity contribution < 1.29 is 27.4 Å². The number of carbonyl (C=O) groups excluding carboxylic acids is 1. The summed E-state index contributed by atoms with van der Waals surface area (Å²) in [5.41, 5.74) is 0.820. The summed E-state index contributed by atoms with van der Waals surface area (Å²) in [6.07, 6.45) is 0.977. The van der Waals surface area contributed by atoms with Crippen LogP contribution in [0.1, 0.15) is 19.8 Å². The molecule has 0 aliphatic carbocycles. The molecule has 0 bridgehead atoms. The number of benzene rings is 2. The quantitative estimate of drug-likeness (QED) is 0.375. The highest BCUT2D eigenvalue weighted by atomic mass is 35.5. The normalized spacial score (nSPS) is 17.1. The number of nitrogens with zero attached hydrogens (tertiary/aromatic N) is 3. The van der Waals surface area contributed by atoms with Crippen molar-refractivity contribution in [1.29, 1.82) is 0 Å². The van der Waals surface area contributed by atoms with E-state index in [0.29, 0.717) is 53.9 Å². The Morgan fingerprint density at radius 2 is 1.86 bits per heavy atom. The summed E-state index contributed by atoms with van der Waals surface area (Å²) < 4.78 is 47.0. The van der Waals surface area contributed by atoms with Gasteiger partial charge in [-0.2, -0.15) is 9.30 Å². The summed E-state index contributed by atoms with van der Waals surface area (Å²) in [6, 6.07) is 8.74. The summed E-state index contributed by atoms with van der Waals surface area (Å²) >= 11 is 7.25. The Hall–Kier alpha value is -2.44. The lowest BCUT2D eigenvalue weighted by molar-refractivity contribution is -0.121. The zero-order valence-corrected chi connectivity index (χ0v) is 22.7. The maximum atomic E-state index is 13.4. The predicted octanol–water partition coefficient (Wildman–Crippen LogP) is 3.69. The first-order valence-electron chi connectivity index (χ1n) is 11.5. The Balaban J connectivity index is 1.74. The molecule has 0 radical (unpaired) electrons. The predicted molar refractivity (Wildman–Crippen MR) is 138 cm³/mol. The van der Waals surface area contributed by atoms with Gasteiger partial charge in [0, 0.05) is 36.9 Å². The highest BCUT2D eigenvalue weighted by Gasteiger charge is 2.39. The fourth-order valence-electron chi connectivity index (χ4n) is 4.18. The molecule has 36 heavy (non-hydrogen) atoms. The monoisotopic (exact) mass is 553 g/mol. The molecule has 194 valence electrons. The number of rotatable bonds is 9. The van der Waals surface area contributed by atoms with Crippen LogP contribution in [-0.4, -0.2) is 63.2 Å². The van der Waals surface area contributed by atoms with E-state index in [2.05, 4.69) is 4.99 Å². The number of ether oxygens (including phenoxy) is 3. The Morgan fingerprint density at radius 1 is 1.17 bits per heavy atom. The van der Waals surface area contributed by atoms with E-state index in [1.165, 1.54) is 39.9 Å². The fourth-order valence-corrected chi connectivity index (χ4v) is 7.03. The first-order valence-corrected chi connectivity index (χ1v) is 14.1. The Bertz CT molecular complexity index is 1420. The average Bonchev–Trinajstić information content (AvgIpc) is 3.49. The topological polar surface area (TPSA) is 99.4 Å². The van der Waals surface area contributed by atoms with Crippen molar-refractivity contribution in [2.45, 2.75) is 37.2 Å². The van der Waals surface area contributed by atoms with Gasteiger partial charge in [-0.3, -0.25) is 4.79 Å². The van der Waals surface area contributed by atoms with Crippen LogP contribution in [0.15, 0.2) is 46.3 Å². The zero-order chi connectivity index (χ0) is 25.9. The average molecular weight is 554 g/mol. The molecule has 1 atom stereocenters. The third-order valence-corrected chi connectivity index (χ3v) is 9.18. The second kappa shape index (κ2) is 11.3. The molecule has 2 heterocycles. The molecule has 0 spiro atoms. The van der Waals surface area contributed by atoms with Crippen molar-refractivity contribution in [2.75, 3.05) is 34.0 Å². The smallest absolute Gasteiger partial charge is 0.266 e. The molecular formula is C24H28ClN3O6S2. The molecule has 1 fully saturated rings. The molecule has 1 unspecified atom stereocenters. The minimum absolute atomic E-state index is 0.0967. The van der Waals surface area contributed by atoms with Gasteiger partial charge in [0.05, 0.1) is 35.9 Å². The largest absolute Gasteiger partial charge is 0.493 e. The van der Waals surface area contributed by atoms with E-state index in [9.17, 15) is 13.2 Å². The van der Waals surface area contributed by atoms with E-state index in [-0.39, 0.29) is 11.4 Å². The van der Waals surface area contributed by atoms with Gasteiger partial charge in [-0.1, -0.05) is 22.9 Å².